The average Bonchev–Trinajstić information content (AvgIpc) is 2.70. The number of ether oxygens (including phenoxy) is 5. The maximum Gasteiger partial charge on any atom is 0.349 e. The van der Waals surface area contributed by atoms with Crippen molar-refractivity contribution in [3.05, 3.63) is 35.4 Å². The predicted molar refractivity (Wildman–Crippen MR) is 98.2 cm³/mol. The summed E-state index contributed by atoms with van der Waals surface area (Å²) in [7, 11) is 7.63. The van der Waals surface area contributed by atoms with E-state index < -0.39 is 0 Å². The second-order valence-corrected chi connectivity index (χ2v) is 5.60. The SMILES string of the molecule is COc1cccc(C[NH2+]C(=O)c2cc(OC)c(OC)c(OC)c2[NH3+])c1OC.[Cl-].[Cl-]. The van der Waals surface area contributed by atoms with Crippen LogP contribution in [-0.2, 0) is 6.54 Å². The first-order valence-electron chi connectivity index (χ1n) is 8.24. The number of hydrogen-bond donors (Lipinski definition) is 2. The van der Waals surface area contributed by atoms with Gasteiger partial charge in [-0.3, -0.25) is 5.32 Å². The lowest BCUT2D eigenvalue weighted by Gasteiger charge is -2.14. The Labute approximate surface area is 182 Å². The summed E-state index contributed by atoms with van der Waals surface area (Å²) >= 11 is 0. The van der Waals surface area contributed by atoms with E-state index in [0.29, 0.717) is 46.5 Å². The van der Waals surface area contributed by atoms with Crippen LogP contribution in [0.4, 0.5) is 5.69 Å². The number of benzene rings is 2. The molecule has 10 heteroatoms. The summed E-state index contributed by atoms with van der Waals surface area (Å²) in [6.45, 7) is 0.370. The highest BCUT2D eigenvalue weighted by Crippen LogP contribution is 2.42. The number of halogens is 2. The Kier molecular flexibility index (Phi) is 11.2. The second-order valence-electron chi connectivity index (χ2n) is 5.60. The van der Waals surface area contributed by atoms with Gasteiger partial charge >= 0.3 is 5.91 Å². The van der Waals surface area contributed by atoms with E-state index in [0.717, 1.165) is 5.56 Å². The Bertz CT molecular complexity index is 833. The third-order valence-electron chi connectivity index (χ3n) is 4.19. The molecule has 0 radical (unpaired) electrons. The molecule has 0 atom stereocenters. The second kappa shape index (κ2) is 12.2. The lowest BCUT2D eigenvalue weighted by atomic mass is 10.1. The molecule has 0 bridgehead atoms. The maximum absolute atomic E-state index is 12.8. The van der Waals surface area contributed by atoms with Crippen LogP contribution in [0.2, 0.25) is 0 Å². The van der Waals surface area contributed by atoms with Gasteiger partial charge in [0.2, 0.25) is 11.5 Å². The molecule has 0 spiro atoms. The number of nitrogens with two attached hydrogens (primary N) is 1. The van der Waals surface area contributed by atoms with Gasteiger partial charge in [0.05, 0.1) is 41.1 Å². The molecule has 0 unspecified atom stereocenters. The van der Waals surface area contributed by atoms with Crippen LogP contribution in [0.1, 0.15) is 15.9 Å². The van der Waals surface area contributed by atoms with E-state index in [-0.39, 0.29) is 30.7 Å². The van der Waals surface area contributed by atoms with Crippen LogP contribution < -0.4 is 59.5 Å². The summed E-state index contributed by atoms with van der Waals surface area (Å²) in [5, 5.41) is 1.56. The van der Waals surface area contributed by atoms with Gasteiger partial charge in [-0.15, -0.1) is 0 Å². The van der Waals surface area contributed by atoms with Gasteiger partial charge in [-0.2, -0.15) is 0 Å². The standard InChI is InChI=1S/C19H24N2O6.2ClH/c1-23-13-8-6-7-11(16(13)25-3)10-21-19(22)12-9-14(24-2)17(26-4)18(27-5)15(12)20;;/h6-9H,10,20H2,1-5H3,(H,21,22);2*1H. The molecule has 0 aliphatic heterocycles. The summed E-state index contributed by atoms with van der Waals surface area (Å²) in [4.78, 5) is 12.8. The molecule has 2 aromatic carbocycles. The predicted octanol–water partition coefficient (Wildman–Crippen LogP) is -5.49. The van der Waals surface area contributed by atoms with Crippen LogP contribution in [0.25, 0.3) is 0 Å². The minimum atomic E-state index is -0.205. The van der Waals surface area contributed by atoms with E-state index in [4.69, 9.17) is 23.7 Å². The van der Waals surface area contributed by atoms with E-state index in [2.05, 4.69) is 5.73 Å². The summed E-state index contributed by atoms with van der Waals surface area (Å²) in [5.74, 6) is 2.18. The molecule has 29 heavy (non-hydrogen) atoms. The quantitative estimate of drug-likeness (QED) is 0.417. The molecule has 2 aromatic rings. The zero-order valence-electron chi connectivity index (χ0n) is 17.0. The molecule has 2 rings (SSSR count). The Balaban J connectivity index is 0.00000392. The van der Waals surface area contributed by atoms with Gasteiger partial charge in [0.1, 0.15) is 12.1 Å². The first-order chi connectivity index (χ1) is 13.0. The van der Waals surface area contributed by atoms with Crippen molar-refractivity contribution in [2.45, 2.75) is 6.54 Å². The normalized spacial score (nSPS) is 9.59. The smallest absolute Gasteiger partial charge is 0.349 e. The van der Waals surface area contributed by atoms with Gasteiger partial charge in [0.25, 0.3) is 0 Å². The minimum absolute atomic E-state index is 0. The van der Waals surface area contributed by atoms with E-state index in [1.165, 1.54) is 21.3 Å². The fourth-order valence-corrected chi connectivity index (χ4v) is 2.86. The van der Waals surface area contributed by atoms with Gasteiger partial charge in [-0.1, -0.05) is 6.07 Å². The maximum atomic E-state index is 12.8. The zero-order valence-corrected chi connectivity index (χ0v) is 18.5. The highest BCUT2D eigenvalue weighted by molar-refractivity contribution is 5.94. The summed E-state index contributed by atoms with van der Waals surface area (Å²) < 4.78 is 26.7. The summed E-state index contributed by atoms with van der Waals surface area (Å²) in [6, 6.07) is 7.13. The van der Waals surface area contributed by atoms with Gasteiger partial charge in [0.15, 0.2) is 22.9 Å². The fourth-order valence-electron chi connectivity index (χ4n) is 2.86. The number of methoxy groups -OCH3 is 5. The molecule has 0 aliphatic carbocycles. The first kappa shape index (κ1) is 26.6. The van der Waals surface area contributed by atoms with Crippen molar-refractivity contribution in [3.8, 4) is 28.7 Å². The molecular weight excluding hydrogens is 423 g/mol. The highest BCUT2D eigenvalue weighted by Gasteiger charge is 2.27. The van der Waals surface area contributed by atoms with Crippen LogP contribution in [0.3, 0.4) is 0 Å². The minimum Gasteiger partial charge on any atom is -1.00 e. The molecule has 5 N–H and O–H groups in total. The molecule has 0 saturated heterocycles. The van der Waals surface area contributed by atoms with Crippen molar-refractivity contribution in [3.63, 3.8) is 0 Å². The number of amides is 1. The van der Waals surface area contributed by atoms with E-state index in [1.54, 1.807) is 31.7 Å². The third-order valence-corrected chi connectivity index (χ3v) is 4.19. The van der Waals surface area contributed by atoms with Gasteiger partial charge in [-0.25, -0.2) is 4.79 Å². The van der Waals surface area contributed by atoms with E-state index >= 15 is 0 Å². The van der Waals surface area contributed by atoms with Crippen LogP contribution in [-0.4, -0.2) is 41.5 Å². The molecule has 0 heterocycles. The highest BCUT2D eigenvalue weighted by atomic mass is 35.5. The topological polar surface area (TPSA) is 107 Å². The monoisotopic (exact) mass is 448 g/mol. The molecule has 8 nitrogen and oxygen atoms in total. The third kappa shape index (κ3) is 5.57. The number of primary amides is 1. The van der Waals surface area contributed by atoms with Crippen LogP contribution >= 0.6 is 0 Å². The van der Waals surface area contributed by atoms with Crippen molar-refractivity contribution in [2.75, 3.05) is 35.5 Å². The number of quaternary nitrogens is 2. The molecule has 162 valence electrons. The molecule has 0 aliphatic rings. The lowest BCUT2D eigenvalue weighted by Crippen LogP contribution is -3.00. The van der Waals surface area contributed by atoms with E-state index in [9.17, 15) is 4.79 Å². The number of hydrogen-bond acceptors (Lipinski definition) is 6. The van der Waals surface area contributed by atoms with Crippen LogP contribution in [0.15, 0.2) is 24.3 Å². The number of carbonyl (C=O) groups is 1. The Morgan fingerprint density at radius 1 is 0.862 bits per heavy atom. The van der Waals surface area contributed by atoms with Gasteiger partial charge < -0.3 is 54.2 Å². The van der Waals surface area contributed by atoms with Crippen molar-refractivity contribution >= 4 is 11.6 Å². The Morgan fingerprint density at radius 2 is 1.45 bits per heavy atom. The lowest BCUT2D eigenvalue weighted by molar-refractivity contribution is -0.572. The summed E-state index contributed by atoms with van der Waals surface area (Å²) in [5.41, 5.74) is 5.62. The largest absolute Gasteiger partial charge is 1.00 e. The van der Waals surface area contributed by atoms with Crippen molar-refractivity contribution in [1.29, 1.82) is 0 Å². The van der Waals surface area contributed by atoms with Crippen molar-refractivity contribution in [1.82, 2.24) is 0 Å². The van der Waals surface area contributed by atoms with Crippen LogP contribution in [0, 0.1) is 0 Å². The number of carbonyl (C=O) groups excluding carboxylic acids is 1. The molecule has 0 aromatic heterocycles. The zero-order chi connectivity index (χ0) is 20.0. The fraction of sp³-hybridized carbons (Fsp3) is 0.316. The van der Waals surface area contributed by atoms with Gasteiger partial charge in [0, 0.05) is 6.07 Å². The Hall–Kier alpha value is -2.39. The van der Waals surface area contributed by atoms with Crippen LogP contribution in [0.5, 0.6) is 28.7 Å². The number of para-hydroxylation sites is 1. The number of rotatable bonds is 8. The van der Waals surface area contributed by atoms with E-state index in [1.807, 2.05) is 12.1 Å². The molecule has 1 amide bonds. The van der Waals surface area contributed by atoms with Crippen molar-refractivity contribution in [2.24, 2.45) is 0 Å². The van der Waals surface area contributed by atoms with Gasteiger partial charge in [-0.05, 0) is 12.1 Å². The molecule has 0 fully saturated rings. The summed E-state index contributed by atoms with van der Waals surface area (Å²) in [6.07, 6.45) is 0. The first-order valence-corrected chi connectivity index (χ1v) is 8.24. The molecular formula is C19H26Cl2N2O6. The Morgan fingerprint density at radius 3 is 1.97 bits per heavy atom. The molecule has 0 saturated carbocycles. The van der Waals surface area contributed by atoms with Crippen molar-refractivity contribution < 1.29 is 64.3 Å². The average molecular weight is 449 g/mol.